The molecule has 112 valence electrons. The number of benzene rings is 1. The molecule has 1 unspecified atom stereocenters. The number of likely N-dealkylation sites (tertiary alicyclic amines) is 1. The molecule has 0 radical (unpaired) electrons. The molecule has 0 amide bonds. The molecular weight excluding hydrogens is 296 g/mol. The molecule has 6 heteroatoms. The number of rotatable bonds is 4. The Bertz CT molecular complexity index is 587. The van der Waals surface area contributed by atoms with Crippen molar-refractivity contribution < 1.29 is 8.42 Å². The summed E-state index contributed by atoms with van der Waals surface area (Å²) >= 11 is 6.15. The van der Waals surface area contributed by atoms with Gasteiger partial charge in [0.05, 0.1) is 15.6 Å². The zero-order valence-corrected chi connectivity index (χ0v) is 13.6. The van der Waals surface area contributed by atoms with Crippen LogP contribution >= 0.6 is 11.6 Å². The Labute approximate surface area is 126 Å². The van der Waals surface area contributed by atoms with E-state index in [1.165, 1.54) is 12.3 Å². The van der Waals surface area contributed by atoms with Crippen molar-refractivity contribution in [2.75, 3.05) is 24.7 Å². The SMILES string of the molecule is CC(C)N1CCC(Nc2cc(S(C)(=O)=O)ccc2Cl)C1. The Hall–Kier alpha value is -0.780. The van der Waals surface area contributed by atoms with Gasteiger partial charge in [0, 0.05) is 31.4 Å². The van der Waals surface area contributed by atoms with Crippen molar-refractivity contribution in [1.82, 2.24) is 4.90 Å². The van der Waals surface area contributed by atoms with Gasteiger partial charge in [-0.25, -0.2) is 8.42 Å². The van der Waals surface area contributed by atoms with Crippen molar-refractivity contribution in [3.8, 4) is 0 Å². The van der Waals surface area contributed by atoms with Crippen molar-refractivity contribution in [3.05, 3.63) is 23.2 Å². The second-order valence-corrected chi connectivity index (χ2v) is 8.06. The molecule has 1 aliphatic rings. The summed E-state index contributed by atoms with van der Waals surface area (Å²) in [5.74, 6) is 0. The van der Waals surface area contributed by atoms with Crippen LogP contribution in [-0.2, 0) is 9.84 Å². The van der Waals surface area contributed by atoms with Gasteiger partial charge in [-0.3, -0.25) is 4.90 Å². The lowest BCUT2D eigenvalue weighted by Crippen LogP contribution is -2.31. The van der Waals surface area contributed by atoms with Crippen LogP contribution < -0.4 is 5.32 Å². The summed E-state index contributed by atoms with van der Waals surface area (Å²) in [5, 5.41) is 3.92. The van der Waals surface area contributed by atoms with Crippen LogP contribution in [0.1, 0.15) is 20.3 Å². The first-order valence-corrected chi connectivity index (χ1v) is 9.04. The minimum absolute atomic E-state index is 0.295. The van der Waals surface area contributed by atoms with Crippen LogP contribution in [0.2, 0.25) is 5.02 Å². The fourth-order valence-electron chi connectivity index (χ4n) is 2.44. The van der Waals surface area contributed by atoms with Crippen LogP contribution in [0.5, 0.6) is 0 Å². The highest BCUT2D eigenvalue weighted by molar-refractivity contribution is 7.90. The largest absolute Gasteiger partial charge is 0.380 e. The average Bonchev–Trinajstić information content (AvgIpc) is 2.79. The van der Waals surface area contributed by atoms with E-state index < -0.39 is 9.84 Å². The van der Waals surface area contributed by atoms with Gasteiger partial charge in [-0.05, 0) is 38.5 Å². The lowest BCUT2D eigenvalue weighted by Gasteiger charge is -2.21. The van der Waals surface area contributed by atoms with Crippen LogP contribution in [0.25, 0.3) is 0 Å². The predicted molar refractivity (Wildman–Crippen MR) is 83.3 cm³/mol. The van der Waals surface area contributed by atoms with E-state index in [0.29, 0.717) is 27.7 Å². The zero-order valence-electron chi connectivity index (χ0n) is 12.1. The molecule has 1 fully saturated rings. The minimum atomic E-state index is -3.21. The van der Waals surface area contributed by atoms with E-state index >= 15 is 0 Å². The van der Waals surface area contributed by atoms with E-state index in [0.717, 1.165) is 19.5 Å². The topological polar surface area (TPSA) is 49.4 Å². The standard InChI is InChI=1S/C14H21ClN2O2S/c1-10(2)17-7-6-11(9-17)16-14-8-12(20(3,18)19)4-5-13(14)15/h4-5,8,10-11,16H,6-7,9H2,1-3H3. The summed E-state index contributed by atoms with van der Waals surface area (Å²) in [5.41, 5.74) is 0.699. The Morgan fingerprint density at radius 3 is 2.65 bits per heavy atom. The molecule has 0 spiro atoms. The van der Waals surface area contributed by atoms with Gasteiger partial charge in [-0.1, -0.05) is 11.6 Å². The molecule has 0 saturated carbocycles. The zero-order chi connectivity index (χ0) is 14.9. The van der Waals surface area contributed by atoms with Gasteiger partial charge in [-0.15, -0.1) is 0 Å². The van der Waals surface area contributed by atoms with E-state index in [9.17, 15) is 8.42 Å². The van der Waals surface area contributed by atoms with Crippen molar-refractivity contribution in [3.63, 3.8) is 0 Å². The summed E-state index contributed by atoms with van der Waals surface area (Å²) in [7, 11) is -3.21. The first-order valence-electron chi connectivity index (χ1n) is 6.77. The smallest absolute Gasteiger partial charge is 0.175 e. The molecule has 1 saturated heterocycles. The molecule has 1 aromatic rings. The number of sulfone groups is 1. The van der Waals surface area contributed by atoms with E-state index in [1.54, 1.807) is 12.1 Å². The monoisotopic (exact) mass is 316 g/mol. The highest BCUT2D eigenvalue weighted by Crippen LogP contribution is 2.27. The van der Waals surface area contributed by atoms with Crippen molar-refractivity contribution in [1.29, 1.82) is 0 Å². The molecule has 0 aliphatic carbocycles. The van der Waals surface area contributed by atoms with E-state index in [2.05, 4.69) is 24.1 Å². The lowest BCUT2D eigenvalue weighted by molar-refractivity contribution is 0.274. The maximum atomic E-state index is 11.6. The van der Waals surface area contributed by atoms with E-state index in [-0.39, 0.29) is 0 Å². The maximum absolute atomic E-state index is 11.6. The first kappa shape index (κ1) is 15.6. The van der Waals surface area contributed by atoms with Gasteiger partial charge >= 0.3 is 0 Å². The number of hydrogen-bond acceptors (Lipinski definition) is 4. The number of halogens is 1. The van der Waals surface area contributed by atoms with Gasteiger partial charge in [0.1, 0.15) is 0 Å². The summed E-state index contributed by atoms with van der Waals surface area (Å²) in [6.45, 7) is 6.37. The molecule has 1 aromatic carbocycles. The Kier molecular flexibility index (Phi) is 4.62. The molecule has 0 bridgehead atoms. The van der Waals surface area contributed by atoms with Gasteiger partial charge in [0.15, 0.2) is 9.84 Å². The number of nitrogens with zero attached hydrogens (tertiary/aromatic N) is 1. The second-order valence-electron chi connectivity index (χ2n) is 5.63. The van der Waals surface area contributed by atoms with Crippen molar-refractivity contribution in [2.24, 2.45) is 0 Å². The fraction of sp³-hybridized carbons (Fsp3) is 0.571. The number of hydrogen-bond donors (Lipinski definition) is 1. The third-order valence-corrected chi connectivity index (χ3v) is 5.12. The third-order valence-electron chi connectivity index (χ3n) is 3.68. The molecule has 1 aliphatic heterocycles. The first-order chi connectivity index (χ1) is 9.27. The number of anilines is 1. The Morgan fingerprint density at radius 1 is 1.40 bits per heavy atom. The van der Waals surface area contributed by atoms with Gasteiger partial charge in [0.25, 0.3) is 0 Å². The van der Waals surface area contributed by atoms with Crippen LogP contribution in [0.3, 0.4) is 0 Å². The van der Waals surface area contributed by atoms with Gasteiger partial charge in [-0.2, -0.15) is 0 Å². The van der Waals surface area contributed by atoms with Crippen molar-refractivity contribution in [2.45, 2.75) is 37.2 Å². The highest BCUT2D eigenvalue weighted by atomic mass is 35.5. The van der Waals surface area contributed by atoms with Crippen LogP contribution in [0.15, 0.2) is 23.1 Å². The lowest BCUT2D eigenvalue weighted by atomic mass is 10.2. The molecule has 1 atom stereocenters. The molecule has 1 heterocycles. The summed E-state index contributed by atoms with van der Waals surface area (Å²) < 4.78 is 23.2. The normalized spacial score (nSPS) is 20.6. The van der Waals surface area contributed by atoms with E-state index in [4.69, 9.17) is 11.6 Å². The molecule has 2 rings (SSSR count). The molecule has 1 N–H and O–H groups in total. The van der Waals surface area contributed by atoms with Crippen LogP contribution in [0.4, 0.5) is 5.69 Å². The van der Waals surface area contributed by atoms with Gasteiger partial charge in [0.2, 0.25) is 0 Å². The van der Waals surface area contributed by atoms with Gasteiger partial charge < -0.3 is 5.32 Å². The molecule has 0 aromatic heterocycles. The minimum Gasteiger partial charge on any atom is -0.380 e. The summed E-state index contributed by atoms with van der Waals surface area (Å²) in [6, 6.07) is 5.63. The summed E-state index contributed by atoms with van der Waals surface area (Å²) in [6.07, 6.45) is 2.24. The van der Waals surface area contributed by atoms with Crippen LogP contribution in [0, 0.1) is 0 Å². The van der Waals surface area contributed by atoms with E-state index in [1.807, 2.05) is 0 Å². The third kappa shape index (κ3) is 3.65. The average molecular weight is 317 g/mol. The van der Waals surface area contributed by atoms with Crippen LogP contribution in [-0.4, -0.2) is 44.7 Å². The second kappa shape index (κ2) is 5.92. The Morgan fingerprint density at radius 2 is 2.10 bits per heavy atom. The molecule has 4 nitrogen and oxygen atoms in total. The highest BCUT2D eigenvalue weighted by Gasteiger charge is 2.24. The number of nitrogens with one attached hydrogen (secondary N) is 1. The molecule has 20 heavy (non-hydrogen) atoms. The Balaban J connectivity index is 2.14. The molecular formula is C14H21ClN2O2S. The maximum Gasteiger partial charge on any atom is 0.175 e. The van der Waals surface area contributed by atoms with Crippen molar-refractivity contribution >= 4 is 27.1 Å². The predicted octanol–water partition coefficient (Wildman–Crippen LogP) is 2.64. The fourth-order valence-corrected chi connectivity index (χ4v) is 3.26. The quantitative estimate of drug-likeness (QED) is 0.927. The summed E-state index contributed by atoms with van der Waals surface area (Å²) in [4.78, 5) is 2.69.